The molecule has 0 radical (unpaired) electrons. The fourth-order valence-corrected chi connectivity index (χ4v) is 2.42. The molecule has 2 aromatic carbocycles. The first-order chi connectivity index (χ1) is 12.6. The lowest BCUT2D eigenvalue weighted by Crippen LogP contribution is -2.04. The first-order valence-electron chi connectivity index (χ1n) is 7.94. The summed E-state index contributed by atoms with van der Waals surface area (Å²) < 4.78 is 10.8. The maximum atomic E-state index is 12.1. The molecule has 1 heterocycles. The molecule has 0 saturated heterocycles. The van der Waals surface area contributed by atoms with Crippen molar-refractivity contribution in [1.82, 2.24) is 0 Å². The van der Waals surface area contributed by atoms with E-state index in [1.807, 2.05) is 6.07 Å². The van der Waals surface area contributed by atoms with Gasteiger partial charge < -0.3 is 9.15 Å². The van der Waals surface area contributed by atoms with Crippen molar-refractivity contribution >= 4 is 11.8 Å². The van der Waals surface area contributed by atoms with Crippen molar-refractivity contribution < 1.29 is 18.7 Å². The molecule has 0 aliphatic carbocycles. The van der Waals surface area contributed by atoms with Gasteiger partial charge in [-0.05, 0) is 36.8 Å². The molecule has 0 atom stereocenters. The number of hydrogen-bond acceptors (Lipinski definition) is 5. The van der Waals surface area contributed by atoms with E-state index in [4.69, 9.17) is 14.4 Å². The highest BCUT2D eigenvalue weighted by Gasteiger charge is 2.14. The molecule has 0 unspecified atom stereocenters. The Morgan fingerprint density at radius 3 is 2.54 bits per heavy atom. The second kappa shape index (κ2) is 7.49. The number of carbonyl (C=O) groups is 2. The van der Waals surface area contributed by atoms with Crippen LogP contribution in [0.2, 0.25) is 0 Å². The number of carbonyl (C=O) groups excluding carboxylic acids is 2. The van der Waals surface area contributed by atoms with Crippen LogP contribution in [0.1, 0.15) is 39.0 Å². The van der Waals surface area contributed by atoms with Crippen molar-refractivity contribution in [2.45, 2.75) is 13.5 Å². The van der Waals surface area contributed by atoms with Crippen LogP contribution in [0.15, 0.2) is 65.1 Å². The normalized spacial score (nSPS) is 10.2. The highest BCUT2D eigenvalue weighted by Crippen LogP contribution is 2.23. The second-order valence-electron chi connectivity index (χ2n) is 5.69. The quantitative estimate of drug-likeness (QED) is 0.506. The highest BCUT2D eigenvalue weighted by molar-refractivity contribution is 5.94. The van der Waals surface area contributed by atoms with Gasteiger partial charge in [-0.1, -0.05) is 36.4 Å². The lowest BCUT2D eigenvalue weighted by atomic mass is 10.1. The van der Waals surface area contributed by atoms with Crippen LogP contribution in [0.25, 0.3) is 11.3 Å². The first kappa shape index (κ1) is 17.2. The molecule has 128 valence electrons. The van der Waals surface area contributed by atoms with Crippen molar-refractivity contribution in [3.05, 3.63) is 83.1 Å². The fraction of sp³-hybridized carbons (Fsp3) is 0.0952. The summed E-state index contributed by atoms with van der Waals surface area (Å²) in [5.74, 6) is 0.00491. The van der Waals surface area contributed by atoms with E-state index < -0.39 is 5.97 Å². The van der Waals surface area contributed by atoms with Gasteiger partial charge in [0.05, 0.1) is 11.6 Å². The third kappa shape index (κ3) is 3.87. The molecule has 0 N–H and O–H groups in total. The van der Waals surface area contributed by atoms with E-state index in [-0.39, 0.29) is 18.2 Å². The van der Waals surface area contributed by atoms with Crippen LogP contribution in [0.3, 0.4) is 0 Å². The van der Waals surface area contributed by atoms with Crippen LogP contribution in [-0.4, -0.2) is 11.8 Å². The Morgan fingerprint density at radius 2 is 1.85 bits per heavy atom. The Morgan fingerprint density at radius 1 is 1.08 bits per heavy atom. The molecule has 0 saturated carbocycles. The van der Waals surface area contributed by atoms with Crippen LogP contribution in [0.4, 0.5) is 0 Å². The standard InChI is InChI=1S/C21H15NO4/c1-14(23)17-5-7-18(8-6-17)19-9-10-20(26-19)21(24)25-13-16-4-2-3-15(11-16)12-22/h2-11H,13H2,1H3. The van der Waals surface area contributed by atoms with Crippen molar-refractivity contribution in [2.24, 2.45) is 0 Å². The third-order valence-corrected chi connectivity index (χ3v) is 3.81. The molecule has 0 spiro atoms. The zero-order valence-corrected chi connectivity index (χ0v) is 14.1. The van der Waals surface area contributed by atoms with E-state index in [0.717, 1.165) is 11.1 Å². The lowest BCUT2D eigenvalue weighted by molar-refractivity contribution is 0.0437. The average Bonchev–Trinajstić information content (AvgIpc) is 3.16. The topological polar surface area (TPSA) is 80.3 Å². The highest BCUT2D eigenvalue weighted by atomic mass is 16.5. The van der Waals surface area contributed by atoms with Crippen LogP contribution in [0, 0.1) is 11.3 Å². The van der Waals surface area contributed by atoms with Gasteiger partial charge in [-0.2, -0.15) is 5.26 Å². The largest absolute Gasteiger partial charge is 0.455 e. The molecule has 0 aliphatic rings. The van der Waals surface area contributed by atoms with Gasteiger partial charge in [0.1, 0.15) is 12.4 Å². The molecule has 0 amide bonds. The Bertz CT molecular complexity index is 993. The summed E-state index contributed by atoms with van der Waals surface area (Å²) in [7, 11) is 0. The molecule has 3 rings (SSSR count). The Balaban J connectivity index is 1.67. The monoisotopic (exact) mass is 345 g/mol. The van der Waals surface area contributed by atoms with Gasteiger partial charge in [-0.25, -0.2) is 4.79 Å². The van der Waals surface area contributed by atoms with Crippen molar-refractivity contribution in [1.29, 1.82) is 5.26 Å². The molecule has 1 aromatic heterocycles. The van der Waals surface area contributed by atoms with Gasteiger partial charge >= 0.3 is 5.97 Å². The first-order valence-corrected chi connectivity index (χ1v) is 7.94. The summed E-state index contributed by atoms with van der Waals surface area (Å²) >= 11 is 0. The zero-order chi connectivity index (χ0) is 18.5. The second-order valence-corrected chi connectivity index (χ2v) is 5.69. The number of nitriles is 1. The van der Waals surface area contributed by atoms with E-state index in [1.54, 1.807) is 60.7 Å². The molecular formula is C21H15NO4. The summed E-state index contributed by atoms with van der Waals surface area (Å²) in [6, 6.07) is 19.1. The minimum absolute atomic E-state index is 0.0132. The molecular weight excluding hydrogens is 330 g/mol. The van der Waals surface area contributed by atoms with Crippen molar-refractivity contribution in [2.75, 3.05) is 0 Å². The number of benzene rings is 2. The molecule has 0 bridgehead atoms. The molecule has 5 heteroatoms. The van der Waals surface area contributed by atoms with Gasteiger partial charge in [0.25, 0.3) is 0 Å². The number of ether oxygens (including phenoxy) is 1. The van der Waals surface area contributed by atoms with Crippen LogP contribution in [0.5, 0.6) is 0 Å². The summed E-state index contributed by atoms with van der Waals surface area (Å²) in [5, 5.41) is 8.88. The van der Waals surface area contributed by atoms with E-state index in [2.05, 4.69) is 0 Å². The van der Waals surface area contributed by atoms with Gasteiger partial charge in [0.2, 0.25) is 5.76 Å². The number of nitrogens with zero attached hydrogens (tertiary/aromatic N) is 1. The smallest absolute Gasteiger partial charge is 0.374 e. The van der Waals surface area contributed by atoms with E-state index >= 15 is 0 Å². The summed E-state index contributed by atoms with van der Waals surface area (Å²) in [6.45, 7) is 1.56. The van der Waals surface area contributed by atoms with E-state index in [9.17, 15) is 9.59 Å². The van der Waals surface area contributed by atoms with Crippen LogP contribution < -0.4 is 0 Å². The van der Waals surface area contributed by atoms with Crippen molar-refractivity contribution in [3.63, 3.8) is 0 Å². The number of hydrogen-bond donors (Lipinski definition) is 0. The van der Waals surface area contributed by atoms with Gasteiger partial charge in [-0.15, -0.1) is 0 Å². The predicted octanol–water partition coefficient (Wildman–Crippen LogP) is 4.38. The summed E-state index contributed by atoms with van der Waals surface area (Å²) in [4.78, 5) is 23.4. The van der Waals surface area contributed by atoms with E-state index in [0.29, 0.717) is 16.9 Å². The Labute approximate surface area is 150 Å². The maximum absolute atomic E-state index is 12.1. The molecule has 0 aliphatic heterocycles. The van der Waals surface area contributed by atoms with Gasteiger partial charge in [-0.3, -0.25) is 4.79 Å². The Kier molecular flexibility index (Phi) is 4.95. The van der Waals surface area contributed by atoms with E-state index in [1.165, 1.54) is 6.92 Å². The average molecular weight is 345 g/mol. The minimum Gasteiger partial charge on any atom is -0.455 e. The zero-order valence-electron chi connectivity index (χ0n) is 14.1. The third-order valence-electron chi connectivity index (χ3n) is 3.81. The van der Waals surface area contributed by atoms with Crippen molar-refractivity contribution in [3.8, 4) is 17.4 Å². The summed E-state index contributed by atoms with van der Waals surface area (Å²) in [5.41, 5.74) is 2.60. The minimum atomic E-state index is -0.584. The fourth-order valence-electron chi connectivity index (χ4n) is 2.42. The number of rotatable bonds is 5. The molecule has 3 aromatic rings. The number of esters is 1. The molecule has 0 fully saturated rings. The summed E-state index contributed by atoms with van der Waals surface area (Å²) in [6.07, 6.45) is 0. The van der Waals surface area contributed by atoms with Gasteiger partial charge in [0.15, 0.2) is 5.78 Å². The predicted molar refractivity (Wildman–Crippen MR) is 94.4 cm³/mol. The SMILES string of the molecule is CC(=O)c1ccc(-c2ccc(C(=O)OCc3cccc(C#N)c3)o2)cc1. The number of furan rings is 1. The van der Waals surface area contributed by atoms with Crippen LogP contribution in [-0.2, 0) is 11.3 Å². The molecule has 5 nitrogen and oxygen atoms in total. The molecule has 26 heavy (non-hydrogen) atoms. The van der Waals surface area contributed by atoms with Gasteiger partial charge in [0, 0.05) is 11.1 Å². The Hall–Kier alpha value is -3.65. The maximum Gasteiger partial charge on any atom is 0.374 e. The number of Topliss-reactive ketones (excluding diaryl/α,β-unsaturated/α-hetero) is 1. The number of ketones is 1. The van der Waals surface area contributed by atoms with Crippen LogP contribution >= 0.6 is 0 Å². The lowest BCUT2D eigenvalue weighted by Gasteiger charge is -2.03.